The molecule has 1 aliphatic heterocycles. The second-order valence-electron chi connectivity index (χ2n) is 7.63. The summed E-state index contributed by atoms with van der Waals surface area (Å²) in [4.78, 5) is 36.1. The van der Waals surface area contributed by atoms with E-state index >= 15 is 0 Å². The Morgan fingerprint density at radius 1 is 1.26 bits per heavy atom. The average Bonchev–Trinajstić information content (AvgIpc) is 3.04. The second-order valence-corrected chi connectivity index (χ2v) is 7.63. The number of aromatic nitrogens is 2. The summed E-state index contributed by atoms with van der Waals surface area (Å²) in [7, 11) is 1.52. The number of hydrogen-bond acceptors (Lipinski definition) is 5. The van der Waals surface area contributed by atoms with Gasteiger partial charge in [0.15, 0.2) is 5.78 Å². The Kier molecular flexibility index (Phi) is 6.47. The largest absolute Gasteiger partial charge is 0.497 e. The molecule has 3 rings (SSSR count). The molecule has 2 aromatic rings. The number of anilines is 1. The van der Waals surface area contributed by atoms with Crippen molar-refractivity contribution in [1.82, 2.24) is 14.9 Å². The van der Waals surface area contributed by atoms with Crippen molar-refractivity contribution in [3.8, 4) is 5.75 Å². The molecule has 10 heteroatoms. The third-order valence-corrected chi connectivity index (χ3v) is 5.11. The van der Waals surface area contributed by atoms with Gasteiger partial charge in [0, 0.05) is 18.8 Å². The number of carbonyl (C=O) groups is 2. The number of halogens is 3. The lowest BCUT2D eigenvalue weighted by Gasteiger charge is -2.25. The minimum atomic E-state index is -4.55. The number of urea groups is 1. The molecule has 1 aliphatic rings. The maximum Gasteiger partial charge on any atom is 0.433 e. The van der Waals surface area contributed by atoms with Crippen LogP contribution in [-0.4, -0.2) is 52.9 Å². The van der Waals surface area contributed by atoms with E-state index in [9.17, 15) is 22.8 Å². The fourth-order valence-electron chi connectivity index (χ4n) is 3.47. The normalized spacial score (nSPS) is 16.9. The van der Waals surface area contributed by atoms with Gasteiger partial charge >= 0.3 is 12.2 Å². The van der Waals surface area contributed by atoms with Gasteiger partial charge in [0.2, 0.25) is 0 Å². The van der Waals surface area contributed by atoms with Crippen molar-refractivity contribution in [1.29, 1.82) is 0 Å². The van der Waals surface area contributed by atoms with Crippen molar-refractivity contribution in [3.05, 3.63) is 48.0 Å². The highest BCUT2D eigenvalue weighted by molar-refractivity contribution is 5.97. The van der Waals surface area contributed by atoms with Crippen LogP contribution in [0.15, 0.2) is 36.7 Å². The van der Waals surface area contributed by atoms with E-state index in [2.05, 4.69) is 9.97 Å². The van der Waals surface area contributed by atoms with Crippen LogP contribution in [0.25, 0.3) is 0 Å². The number of alkyl halides is 3. The molecular weight excluding hydrogens is 413 g/mol. The van der Waals surface area contributed by atoms with Crippen molar-refractivity contribution in [2.75, 3.05) is 25.1 Å². The Balaban J connectivity index is 1.75. The van der Waals surface area contributed by atoms with Gasteiger partial charge in [0.1, 0.15) is 11.4 Å². The molecular formula is C21H23F3N4O3. The summed E-state index contributed by atoms with van der Waals surface area (Å²) < 4.78 is 43.4. The lowest BCUT2D eigenvalue weighted by atomic mass is 10.0. The van der Waals surface area contributed by atoms with Crippen LogP contribution in [0.1, 0.15) is 25.2 Å². The highest BCUT2D eigenvalue weighted by atomic mass is 19.4. The summed E-state index contributed by atoms with van der Waals surface area (Å²) in [5.74, 6) is 0.419. The molecule has 0 bridgehead atoms. The number of ketones is 1. The van der Waals surface area contributed by atoms with Crippen LogP contribution >= 0.6 is 0 Å². The van der Waals surface area contributed by atoms with Gasteiger partial charge in [-0.1, -0.05) is 13.8 Å². The smallest absolute Gasteiger partial charge is 0.433 e. The molecule has 1 fully saturated rings. The average molecular weight is 436 g/mol. The Morgan fingerprint density at radius 2 is 2.00 bits per heavy atom. The fourth-order valence-corrected chi connectivity index (χ4v) is 3.47. The lowest BCUT2D eigenvalue weighted by Crippen LogP contribution is -2.41. The molecule has 0 aromatic carbocycles. The predicted octanol–water partition coefficient (Wildman–Crippen LogP) is 3.58. The van der Waals surface area contributed by atoms with Crippen LogP contribution in [0.5, 0.6) is 5.75 Å². The lowest BCUT2D eigenvalue weighted by molar-refractivity contribution is -0.141. The second kappa shape index (κ2) is 8.91. The van der Waals surface area contributed by atoms with E-state index < -0.39 is 17.9 Å². The molecule has 166 valence electrons. The first kappa shape index (κ1) is 22.5. The number of carbonyl (C=O) groups excluding carboxylic acids is 2. The zero-order chi connectivity index (χ0) is 22.8. The summed E-state index contributed by atoms with van der Waals surface area (Å²) in [6, 6.07) is 4.68. The fraction of sp³-hybridized carbons (Fsp3) is 0.429. The van der Waals surface area contributed by atoms with E-state index in [1.54, 1.807) is 18.3 Å². The number of amides is 2. The summed E-state index contributed by atoms with van der Waals surface area (Å²) >= 11 is 0. The van der Waals surface area contributed by atoms with Crippen LogP contribution < -0.4 is 9.64 Å². The third kappa shape index (κ3) is 5.12. The summed E-state index contributed by atoms with van der Waals surface area (Å²) in [6.07, 6.45) is -1.95. The van der Waals surface area contributed by atoms with Crippen molar-refractivity contribution in [2.45, 2.75) is 32.5 Å². The number of nitrogens with zero attached hydrogens (tertiary/aromatic N) is 4. The summed E-state index contributed by atoms with van der Waals surface area (Å²) in [5, 5.41) is 0. The van der Waals surface area contributed by atoms with Crippen LogP contribution in [0.2, 0.25) is 0 Å². The number of methoxy groups -OCH3 is 1. The molecule has 0 radical (unpaired) electrons. The van der Waals surface area contributed by atoms with Gasteiger partial charge < -0.3 is 9.64 Å². The van der Waals surface area contributed by atoms with Gasteiger partial charge in [-0.15, -0.1) is 0 Å². The van der Waals surface area contributed by atoms with E-state index in [4.69, 9.17) is 4.74 Å². The van der Waals surface area contributed by atoms with Gasteiger partial charge in [-0.05, 0) is 24.1 Å². The Labute approximate surface area is 177 Å². The Hall–Kier alpha value is -3.17. The highest BCUT2D eigenvalue weighted by Crippen LogP contribution is 2.31. The van der Waals surface area contributed by atoms with Crippen LogP contribution in [-0.2, 0) is 17.4 Å². The third-order valence-electron chi connectivity index (χ3n) is 5.11. The topological polar surface area (TPSA) is 75.6 Å². The van der Waals surface area contributed by atoms with Crippen LogP contribution in [0, 0.1) is 5.92 Å². The Morgan fingerprint density at radius 3 is 2.58 bits per heavy atom. The summed E-state index contributed by atoms with van der Waals surface area (Å²) in [5.41, 5.74) is -0.241. The van der Waals surface area contributed by atoms with Crippen molar-refractivity contribution >= 4 is 17.5 Å². The predicted molar refractivity (Wildman–Crippen MR) is 107 cm³/mol. The molecule has 7 nitrogen and oxygen atoms in total. The maximum absolute atomic E-state index is 13.0. The van der Waals surface area contributed by atoms with Gasteiger partial charge in [0.25, 0.3) is 0 Å². The molecule has 1 atom stereocenters. The highest BCUT2D eigenvalue weighted by Gasteiger charge is 2.41. The van der Waals surface area contributed by atoms with Crippen LogP contribution in [0.3, 0.4) is 0 Å². The van der Waals surface area contributed by atoms with Crippen LogP contribution in [0.4, 0.5) is 23.7 Å². The van der Waals surface area contributed by atoms with E-state index in [-0.39, 0.29) is 42.9 Å². The number of Topliss-reactive ketones (excluding diaryl/α,β-unsaturated/α-hetero) is 1. The SMILES string of the molecule is COc1ccnc(CC(=O)CN2C(=O)N(c3ccc(C(F)(F)F)nc3)C[C@@H]2C(C)C)c1. The zero-order valence-electron chi connectivity index (χ0n) is 17.4. The summed E-state index contributed by atoms with van der Waals surface area (Å²) in [6.45, 7) is 3.99. The van der Waals surface area contributed by atoms with Crippen molar-refractivity contribution < 1.29 is 27.5 Å². The first-order valence-corrected chi connectivity index (χ1v) is 9.72. The number of hydrogen-bond donors (Lipinski definition) is 0. The molecule has 2 amide bonds. The number of pyridine rings is 2. The van der Waals surface area contributed by atoms with E-state index in [1.807, 2.05) is 13.8 Å². The minimum absolute atomic E-state index is 0.0353. The molecule has 0 N–H and O–H groups in total. The molecule has 0 saturated carbocycles. The molecule has 0 unspecified atom stereocenters. The van der Waals surface area contributed by atoms with E-state index in [1.165, 1.54) is 23.0 Å². The quantitative estimate of drug-likeness (QED) is 0.663. The van der Waals surface area contributed by atoms with Gasteiger partial charge in [-0.25, -0.2) is 9.78 Å². The van der Waals surface area contributed by atoms with Gasteiger partial charge in [-0.3, -0.25) is 14.7 Å². The zero-order valence-corrected chi connectivity index (χ0v) is 17.4. The van der Waals surface area contributed by atoms with E-state index in [0.29, 0.717) is 11.4 Å². The molecule has 0 spiro atoms. The van der Waals surface area contributed by atoms with E-state index in [0.717, 1.165) is 12.3 Å². The van der Waals surface area contributed by atoms with Gasteiger partial charge in [-0.2, -0.15) is 13.2 Å². The first-order chi connectivity index (χ1) is 14.6. The van der Waals surface area contributed by atoms with Crippen molar-refractivity contribution in [2.24, 2.45) is 5.92 Å². The molecule has 31 heavy (non-hydrogen) atoms. The maximum atomic E-state index is 13.0. The molecule has 0 aliphatic carbocycles. The Bertz CT molecular complexity index is 948. The number of rotatable bonds is 7. The molecule has 3 heterocycles. The molecule has 1 saturated heterocycles. The standard InChI is InChI=1S/C21H23F3N4O3/c1-13(2)18-12-27(15-4-5-19(26-10-15)21(22,23)24)20(30)28(18)11-16(29)8-14-9-17(31-3)6-7-25-14/h4-7,9-10,13,18H,8,11-12H2,1-3H3/t18-/m1/s1. The molecule has 2 aromatic heterocycles. The van der Waals surface area contributed by atoms with Crippen molar-refractivity contribution in [3.63, 3.8) is 0 Å². The monoisotopic (exact) mass is 436 g/mol. The number of ether oxygens (including phenoxy) is 1. The minimum Gasteiger partial charge on any atom is -0.497 e. The van der Waals surface area contributed by atoms with Gasteiger partial charge in [0.05, 0.1) is 43.7 Å². The first-order valence-electron chi connectivity index (χ1n) is 9.72.